The summed E-state index contributed by atoms with van der Waals surface area (Å²) in [7, 11) is 0. The molecule has 1 aromatic rings. The van der Waals surface area contributed by atoms with Gasteiger partial charge < -0.3 is 4.74 Å². The first-order valence-corrected chi connectivity index (χ1v) is 5.17. The van der Waals surface area contributed by atoms with Crippen LogP contribution in [-0.2, 0) is 4.74 Å². The van der Waals surface area contributed by atoms with E-state index in [9.17, 15) is 14.5 Å². The zero-order valence-corrected chi connectivity index (χ0v) is 8.64. The molecule has 1 fully saturated rings. The van der Waals surface area contributed by atoms with E-state index >= 15 is 0 Å². The minimum Gasteiger partial charge on any atom is -0.373 e. The third-order valence-corrected chi connectivity index (χ3v) is 2.70. The number of para-hydroxylation sites is 1. The van der Waals surface area contributed by atoms with Crippen LogP contribution in [0, 0.1) is 10.1 Å². The average Bonchev–Trinajstić information content (AvgIpc) is 2.29. The van der Waals surface area contributed by atoms with E-state index in [4.69, 9.17) is 4.74 Å². The zero-order valence-electron chi connectivity index (χ0n) is 8.64. The highest BCUT2D eigenvalue weighted by atomic mass is 19.1. The van der Waals surface area contributed by atoms with Gasteiger partial charge in [-0.3, -0.25) is 10.1 Å². The van der Waals surface area contributed by atoms with E-state index in [-0.39, 0.29) is 12.1 Å². The van der Waals surface area contributed by atoms with Gasteiger partial charge >= 0.3 is 0 Å². The summed E-state index contributed by atoms with van der Waals surface area (Å²) in [5, 5.41) is 10.8. The molecular weight excluding hydrogens is 213 g/mol. The maximum absolute atomic E-state index is 13.2. The Bertz CT molecular complexity index is 397. The number of hydrogen-bond donors (Lipinski definition) is 0. The van der Waals surface area contributed by atoms with Gasteiger partial charge in [-0.05, 0) is 6.07 Å². The Morgan fingerprint density at radius 3 is 2.88 bits per heavy atom. The van der Waals surface area contributed by atoms with Crippen molar-refractivity contribution < 1.29 is 14.1 Å². The van der Waals surface area contributed by atoms with Crippen LogP contribution < -0.4 is 0 Å². The molecule has 86 valence electrons. The van der Waals surface area contributed by atoms with Gasteiger partial charge in [-0.2, -0.15) is 0 Å². The number of nitro groups is 1. The predicted octanol–water partition coefficient (Wildman–Crippen LogP) is 2.78. The summed E-state index contributed by atoms with van der Waals surface area (Å²) in [5.74, 6) is 0. The van der Waals surface area contributed by atoms with Gasteiger partial charge in [-0.15, -0.1) is 0 Å². The van der Waals surface area contributed by atoms with Crippen molar-refractivity contribution in [2.45, 2.75) is 25.1 Å². The molecule has 0 amide bonds. The highest BCUT2D eigenvalue weighted by molar-refractivity contribution is 5.41. The second-order valence-corrected chi connectivity index (χ2v) is 3.80. The van der Waals surface area contributed by atoms with Crippen LogP contribution in [-0.4, -0.2) is 17.7 Å². The Morgan fingerprint density at radius 2 is 2.19 bits per heavy atom. The molecule has 2 rings (SSSR count). The SMILES string of the molecule is O=[N+]([O-])c1ccccc1C1CC(F)CCO1. The van der Waals surface area contributed by atoms with Crippen molar-refractivity contribution in [1.29, 1.82) is 0 Å². The summed E-state index contributed by atoms with van der Waals surface area (Å²) in [5.41, 5.74) is 0.469. The van der Waals surface area contributed by atoms with Crippen LogP contribution >= 0.6 is 0 Å². The van der Waals surface area contributed by atoms with Gasteiger partial charge in [-0.1, -0.05) is 12.1 Å². The molecule has 1 heterocycles. The number of hydrogen-bond acceptors (Lipinski definition) is 3. The normalized spacial score (nSPS) is 25.3. The molecule has 0 saturated carbocycles. The first-order chi connectivity index (χ1) is 7.68. The summed E-state index contributed by atoms with van der Waals surface area (Å²) in [6, 6.07) is 6.34. The molecule has 0 radical (unpaired) electrons. The fourth-order valence-electron chi connectivity index (χ4n) is 1.90. The third-order valence-electron chi connectivity index (χ3n) is 2.70. The molecule has 4 nitrogen and oxygen atoms in total. The lowest BCUT2D eigenvalue weighted by molar-refractivity contribution is -0.386. The van der Waals surface area contributed by atoms with E-state index in [0.29, 0.717) is 18.6 Å². The molecule has 0 spiro atoms. The van der Waals surface area contributed by atoms with E-state index in [1.54, 1.807) is 18.2 Å². The van der Waals surface area contributed by atoms with Crippen molar-refractivity contribution in [3.8, 4) is 0 Å². The number of nitro benzene ring substituents is 1. The van der Waals surface area contributed by atoms with Gasteiger partial charge in [0, 0.05) is 18.9 Å². The quantitative estimate of drug-likeness (QED) is 0.574. The lowest BCUT2D eigenvalue weighted by Gasteiger charge is -2.25. The Kier molecular flexibility index (Phi) is 3.14. The van der Waals surface area contributed by atoms with Crippen molar-refractivity contribution in [1.82, 2.24) is 0 Å². The van der Waals surface area contributed by atoms with Crippen LogP contribution in [0.25, 0.3) is 0 Å². The monoisotopic (exact) mass is 225 g/mol. The van der Waals surface area contributed by atoms with Gasteiger partial charge in [0.1, 0.15) is 6.17 Å². The van der Waals surface area contributed by atoms with Crippen molar-refractivity contribution in [3.05, 3.63) is 39.9 Å². The fraction of sp³-hybridized carbons (Fsp3) is 0.455. The number of rotatable bonds is 2. The van der Waals surface area contributed by atoms with Crippen LogP contribution in [0.2, 0.25) is 0 Å². The van der Waals surface area contributed by atoms with Gasteiger partial charge in [0.05, 0.1) is 23.2 Å². The average molecular weight is 225 g/mol. The summed E-state index contributed by atoms with van der Waals surface area (Å²) in [6.07, 6.45) is -0.856. The molecule has 5 heteroatoms. The molecular formula is C11H12FNO3. The number of benzene rings is 1. The van der Waals surface area contributed by atoms with Crippen LogP contribution in [0.4, 0.5) is 10.1 Å². The number of halogens is 1. The number of nitrogens with zero attached hydrogens (tertiary/aromatic N) is 1. The van der Waals surface area contributed by atoms with Crippen LogP contribution in [0.5, 0.6) is 0 Å². The van der Waals surface area contributed by atoms with Gasteiger partial charge in [0.2, 0.25) is 0 Å². The molecule has 16 heavy (non-hydrogen) atoms. The van der Waals surface area contributed by atoms with Crippen molar-refractivity contribution >= 4 is 5.69 Å². The molecule has 1 saturated heterocycles. The molecule has 0 N–H and O–H groups in total. The van der Waals surface area contributed by atoms with Gasteiger partial charge in [0.15, 0.2) is 0 Å². The van der Waals surface area contributed by atoms with Crippen molar-refractivity contribution in [2.24, 2.45) is 0 Å². The van der Waals surface area contributed by atoms with Gasteiger partial charge in [-0.25, -0.2) is 4.39 Å². The topological polar surface area (TPSA) is 52.4 Å². The molecule has 1 aliphatic rings. The third kappa shape index (κ3) is 2.19. The molecule has 0 bridgehead atoms. The smallest absolute Gasteiger partial charge is 0.275 e. The summed E-state index contributed by atoms with van der Waals surface area (Å²) in [4.78, 5) is 10.3. The van der Waals surface area contributed by atoms with E-state index in [2.05, 4.69) is 0 Å². The van der Waals surface area contributed by atoms with E-state index in [0.717, 1.165) is 0 Å². The van der Waals surface area contributed by atoms with Crippen molar-refractivity contribution in [3.63, 3.8) is 0 Å². The lowest BCUT2D eigenvalue weighted by atomic mass is 9.99. The predicted molar refractivity (Wildman–Crippen MR) is 55.9 cm³/mol. The molecule has 2 unspecified atom stereocenters. The maximum atomic E-state index is 13.2. The summed E-state index contributed by atoms with van der Waals surface area (Å²) < 4.78 is 18.6. The molecule has 1 aromatic carbocycles. The highest BCUT2D eigenvalue weighted by Crippen LogP contribution is 2.34. The highest BCUT2D eigenvalue weighted by Gasteiger charge is 2.28. The minimum absolute atomic E-state index is 0.00148. The molecule has 0 aliphatic carbocycles. The Balaban J connectivity index is 2.28. The minimum atomic E-state index is -0.932. The maximum Gasteiger partial charge on any atom is 0.275 e. The zero-order chi connectivity index (χ0) is 11.5. The van der Waals surface area contributed by atoms with Gasteiger partial charge in [0.25, 0.3) is 5.69 Å². The molecule has 1 aliphatic heterocycles. The fourth-order valence-corrected chi connectivity index (χ4v) is 1.90. The largest absolute Gasteiger partial charge is 0.373 e. The van der Waals surface area contributed by atoms with E-state index in [1.165, 1.54) is 6.07 Å². The van der Waals surface area contributed by atoms with Crippen LogP contribution in [0.1, 0.15) is 24.5 Å². The standard InChI is InChI=1S/C11H12FNO3/c12-8-5-6-16-11(7-8)9-3-1-2-4-10(9)13(14)15/h1-4,8,11H,5-7H2. The van der Waals surface area contributed by atoms with E-state index in [1.807, 2.05) is 0 Å². The lowest BCUT2D eigenvalue weighted by Crippen LogP contribution is -2.21. The van der Waals surface area contributed by atoms with Crippen LogP contribution in [0.3, 0.4) is 0 Å². The molecule has 2 atom stereocenters. The summed E-state index contributed by atoms with van der Waals surface area (Å²) >= 11 is 0. The first kappa shape index (κ1) is 11.0. The first-order valence-electron chi connectivity index (χ1n) is 5.17. The Morgan fingerprint density at radius 1 is 1.44 bits per heavy atom. The van der Waals surface area contributed by atoms with Crippen LogP contribution in [0.15, 0.2) is 24.3 Å². The second kappa shape index (κ2) is 4.57. The van der Waals surface area contributed by atoms with Crippen molar-refractivity contribution in [2.75, 3.05) is 6.61 Å². The number of alkyl halides is 1. The Hall–Kier alpha value is -1.49. The Labute approximate surface area is 92.2 Å². The summed E-state index contributed by atoms with van der Waals surface area (Å²) in [6.45, 7) is 0.317. The molecule has 0 aromatic heterocycles. The van der Waals surface area contributed by atoms with E-state index < -0.39 is 17.2 Å². The second-order valence-electron chi connectivity index (χ2n) is 3.80. The number of ether oxygens (including phenoxy) is 1.